The van der Waals surface area contributed by atoms with Crippen molar-refractivity contribution < 1.29 is 19.4 Å². The average Bonchev–Trinajstić information content (AvgIpc) is 2.91. The largest absolute Gasteiger partial charge is 0.480 e. The molecule has 0 saturated carbocycles. The Morgan fingerprint density at radius 1 is 1.45 bits per heavy atom. The van der Waals surface area contributed by atoms with E-state index in [0.717, 1.165) is 4.90 Å². The predicted molar refractivity (Wildman–Crippen MR) is 82.7 cm³/mol. The van der Waals surface area contributed by atoms with Crippen molar-refractivity contribution in [3.8, 4) is 0 Å². The lowest BCUT2D eigenvalue weighted by molar-refractivity contribution is -0.174. The molecule has 6 heteroatoms. The second-order valence-corrected chi connectivity index (χ2v) is 7.14. The Morgan fingerprint density at radius 2 is 2.18 bits per heavy atom. The first kappa shape index (κ1) is 15.4. The van der Waals surface area contributed by atoms with Crippen molar-refractivity contribution >= 4 is 23.7 Å². The molecule has 5 nitrogen and oxygen atoms in total. The molecule has 0 spiro atoms. The number of carbonyl (C=O) groups excluding carboxylic acids is 1. The van der Waals surface area contributed by atoms with Gasteiger partial charge < -0.3 is 15.2 Å². The molecule has 0 aromatic heterocycles. The molecule has 2 aliphatic rings. The maximum Gasteiger partial charge on any atom is 0.321 e. The normalized spacial score (nSPS) is 34.0. The number of rotatable bonds is 4. The molecule has 1 aromatic rings. The summed E-state index contributed by atoms with van der Waals surface area (Å²) in [6, 6.07) is 9.28. The number of benzene rings is 1. The number of aliphatic carboxylic acids is 1. The van der Waals surface area contributed by atoms with E-state index < -0.39 is 17.6 Å². The van der Waals surface area contributed by atoms with Crippen LogP contribution in [0, 0.1) is 11.8 Å². The maximum atomic E-state index is 11.9. The van der Waals surface area contributed by atoms with Crippen molar-refractivity contribution in [3.05, 3.63) is 30.3 Å². The summed E-state index contributed by atoms with van der Waals surface area (Å²) in [5.41, 5.74) is -0.641. The number of carboxylic acid groups (broad SMARTS) is 1. The molecular weight excluding hydrogens is 302 g/mol. The summed E-state index contributed by atoms with van der Waals surface area (Å²) in [6.45, 7) is 2.49. The van der Waals surface area contributed by atoms with Crippen LogP contribution in [0.2, 0.25) is 0 Å². The van der Waals surface area contributed by atoms with Crippen molar-refractivity contribution in [3.63, 3.8) is 0 Å². The zero-order valence-electron chi connectivity index (χ0n) is 12.3. The van der Waals surface area contributed by atoms with E-state index in [-0.39, 0.29) is 24.2 Å². The van der Waals surface area contributed by atoms with Crippen LogP contribution in [-0.2, 0) is 14.3 Å². The van der Waals surface area contributed by atoms with E-state index in [4.69, 9.17) is 4.74 Å². The monoisotopic (exact) mass is 321 g/mol. The first-order valence-corrected chi connectivity index (χ1v) is 8.34. The van der Waals surface area contributed by atoms with E-state index in [1.165, 1.54) is 0 Å². The van der Waals surface area contributed by atoms with Crippen LogP contribution < -0.4 is 5.32 Å². The number of thioether (sulfide) groups is 1. The molecular formula is C16H19NO4S. The fourth-order valence-corrected chi connectivity index (χ4v) is 4.51. The SMILES string of the molecule is CC1(CSc2ccccc2)OC(=O)C[C@@H]2[C@H](C(=O)O)NC[C@@H]21. The van der Waals surface area contributed by atoms with Crippen LogP contribution in [0.25, 0.3) is 0 Å². The first-order valence-electron chi connectivity index (χ1n) is 7.35. The lowest BCUT2D eigenvalue weighted by atomic mass is 9.76. The van der Waals surface area contributed by atoms with Crippen LogP contribution in [0.5, 0.6) is 0 Å². The minimum Gasteiger partial charge on any atom is -0.480 e. The van der Waals surface area contributed by atoms with Crippen LogP contribution in [0.1, 0.15) is 13.3 Å². The van der Waals surface area contributed by atoms with Crippen molar-refractivity contribution in [1.29, 1.82) is 0 Å². The molecule has 1 unspecified atom stereocenters. The van der Waals surface area contributed by atoms with Gasteiger partial charge in [0.2, 0.25) is 0 Å². The van der Waals surface area contributed by atoms with Gasteiger partial charge in [0.25, 0.3) is 0 Å². The number of hydrogen-bond acceptors (Lipinski definition) is 5. The molecule has 2 aliphatic heterocycles. The molecule has 2 saturated heterocycles. The Hall–Kier alpha value is -1.53. The second-order valence-electron chi connectivity index (χ2n) is 6.09. The van der Waals surface area contributed by atoms with Crippen molar-refractivity contribution in [2.75, 3.05) is 12.3 Å². The summed E-state index contributed by atoms with van der Waals surface area (Å²) in [4.78, 5) is 24.4. The quantitative estimate of drug-likeness (QED) is 0.650. The molecule has 1 aromatic carbocycles. The van der Waals surface area contributed by atoms with Crippen molar-refractivity contribution in [1.82, 2.24) is 5.32 Å². The number of hydrogen-bond donors (Lipinski definition) is 2. The minimum atomic E-state index is -0.889. The third-order valence-corrected chi connectivity index (χ3v) is 5.89. The molecule has 2 fully saturated rings. The van der Waals surface area contributed by atoms with Gasteiger partial charge in [0.15, 0.2) is 0 Å². The summed E-state index contributed by atoms with van der Waals surface area (Å²) in [5.74, 6) is -0.729. The molecule has 22 heavy (non-hydrogen) atoms. The van der Waals surface area contributed by atoms with Crippen LogP contribution >= 0.6 is 11.8 Å². The summed E-state index contributed by atoms with van der Waals surface area (Å²) < 4.78 is 5.64. The van der Waals surface area contributed by atoms with Gasteiger partial charge in [0.1, 0.15) is 11.6 Å². The van der Waals surface area contributed by atoms with Gasteiger partial charge in [-0.15, -0.1) is 11.8 Å². The fraction of sp³-hybridized carbons (Fsp3) is 0.500. The number of carbonyl (C=O) groups is 2. The Bertz CT molecular complexity index is 579. The number of carboxylic acids is 1. The standard InChI is InChI=1S/C16H19NO4S/c1-16(9-22-10-5-3-2-4-6-10)12-8-17-14(15(19)20)11(12)7-13(18)21-16/h2-6,11-12,14,17H,7-9H2,1H3,(H,19,20)/t11-,12-,14+,16?/m0/s1. The van der Waals surface area contributed by atoms with Crippen LogP contribution in [0.4, 0.5) is 0 Å². The molecule has 4 atom stereocenters. The molecule has 0 radical (unpaired) electrons. The number of esters is 1. The summed E-state index contributed by atoms with van der Waals surface area (Å²) in [7, 11) is 0. The van der Waals surface area contributed by atoms with Gasteiger partial charge >= 0.3 is 11.9 Å². The Morgan fingerprint density at radius 3 is 2.86 bits per heavy atom. The molecule has 0 bridgehead atoms. The Kier molecular flexibility index (Phi) is 4.14. The highest BCUT2D eigenvalue weighted by molar-refractivity contribution is 7.99. The van der Waals surface area contributed by atoms with E-state index in [1.54, 1.807) is 11.8 Å². The first-order chi connectivity index (χ1) is 10.5. The lowest BCUT2D eigenvalue weighted by Crippen LogP contribution is -2.51. The van der Waals surface area contributed by atoms with E-state index in [1.807, 2.05) is 37.3 Å². The number of fused-ring (bicyclic) bond motifs is 1. The molecule has 0 aliphatic carbocycles. The molecule has 3 rings (SSSR count). The zero-order chi connectivity index (χ0) is 15.7. The predicted octanol–water partition coefficient (Wildman–Crippen LogP) is 1.77. The van der Waals surface area contributed by atoms with Crippen molar-refractivity contribution in [2.45, 2.75) is 29.9 Å². The third kappa shape index (κ3) is 2.85. The topological polar surface area (TPSA) is 75.6 Å². The number of cyclic esters (lactones) is 1. The maximum absolute atomic E-state index is 11.9. The highest BCUT2D eigenvalue weighted by Gasteiger charge is 2.54. The number of nitrogens with one attached hydrogen (secondary N) is 1. The summed E-state index contributed by atoms with van der Waals surface area (Å²) in [6.07, 6.45) is 0.181. The fourth-order valence-electron chi connectivity index (χ4n) is 3.44. The van der Waals surface area contributed by atoms with Gasteiger partial charge in [-0.25, -0.2) is 0 Å². The Labute approximate surface area is 133 Å². The number of ether oxygens (including phenoxy) is 1. The van der Waals surface area contributed by atoms with E-state index in [0.29, 0.717) is 12.3 Å². The van der Waals surface area contributed by atoms with E-state index in [9.17, 15) is 14.7 Å². The second kappa shape index (κ2) is 5.93. The van der Waals surface area contributed by atoms with Gasteiger partial charge in [-0.3, -0.25) is 9.59 Å². The molecule has 2 heterocycles. The Balaban J connectivity index is 1.76. The summed E-state index contributed by atoms with van der Waals surface area (Å²) >= 11 is 1.63. The van der Waals surface area contributed by atoms with E-state index >= 15 is 0 Å². The molecule has 2 N–H and O–H groups in total. The van der Waals surface area contributed by atoms with Gasteiger partial charge in [-0.05, 0) is 19.1 Å². The van der Waals surface area contributed by atoms with Gasteiger partial charge in [-0.1, -0.05) is 18.2 Å². The van der Waals surface area contributed by atoms with Gasteiger partial charge in [-0.2, -0.15) is 0 Å². The lowest BCUT2D eigenvalue weighted by Gasteiger charge is -2.42. The van der Waals surface area contributed by atoms with Crippen LogP contribution in [0.3, 0.4) is 0 Å². The van der Waals surface area contributed by atoms with E-state index in [2.05, 4.69) is 5.32 Å². The minimum absolute atomic E-state index is 0.0301. The van der Waals surface area contributed by atoms with Gasteiger partial charge in [0, 0.05) is 29.0 Å². The van der Waals surface area contributed by atoms with Gasteiger partial charge in [0.05, 0.1) is 6.42 Å². The summed E-state index contributed by atoms with van der Waals surface area (Å²) in [5, 5.41) is 12.3. The zero-order valence-corrected chi connectivity index (χ0v) is 13.1. The highest BCUT2D eigenvalue weighted by Crippen LogP contribution is 2.43. The highest BCUT2D eigenvalue weighted by atomic mass is 32.2. The smallest absolute Gasteiger partial charge is 0.321 e. The molecule has 0 amide bonds. The third-order valence-electron chi connectivity index (χ3n) is 4.57. The average molecular weight is 321 g/mol. The molecule has 118 valence electrons. The van der Waals surface area contributed by atoms with Crippen molar-refractivity contribution in [2.24, 2.45) is 11.8 Å². The van der Waals surface area contributed by atoms with Crippen LogP contribution in [0.15, 0.2) is 35.2 Å². The van der Waals surface area contributed by atoms with Crippen LogP contribution in [-0.4, -0.2) is 41.0 Å².